The first-order chi connectivity index (χ1) is 7.68. The van der Waals surface area contributed by atoms with Gasteiger partial charge in [0.2, 0.25) is 0 Å². The number of rotatable bonds is 2. The highest BCUT2D eigenvalue weighted by atomic mass is 16.4. The quantitative estimate of drug-likeness (QED) is 0.826. The Kier molecular flexibility index (Phi) is 2.55. The second-order valence-electron chi connectivity index (χ2n) is 3.26. The number of carboxylic acids is 1. The van der Waals surface area contributed by atoms with E-state index in [0.717, 1.165) is 0 Å². The minimum absolute atomic E-state index is 0.160. The highest BCUT2D eigenvalue weighted by molar-refractivity contribution is 5.88. The predicted octanol–water partition coefficient (Wildman–Crippen LogP) is 1.54. The Labute approximate surface area is 91.4 Å². The highest BCUT2D eigenvalue weighted by Crippen LogP contribution is 2.08. The third kappa shape index (κ3) is 1.86. The zero-order valence-electron chi connectivity index (χ0n) is 8.33. The van der Waals surface area contributed by atoms with Crippen LogP contribution in [0.2, 0.25) is 0 Å². The molecular weight excluding hydrogens is 206 g/mol. The number of benzene rings is 1. The van der Waals surface area contributed by atoms with Gasteiger partial charge < -0.3 is 5.11 Å². The van der Waals surface area contributed by atoms with Crippen LogP contribution in [0.3, 0.4) is 0 Å². The molecule has 1 aromatic heterocycles. The first kappa shape index (κ1) is 10.2. The van der Waals surface area contributed by atoms with Crippen molar-refractivity contribution in [2.24, 2.45) is 0 Å². The molecule has 0 spiro atoms. The number of aromatic nitrogens is 1. The Morgan fingerprint density at radius 1 is 1.12 bits per heavy atom. The largest absolute Gasteiger partial charge is 0.478 e. The van der Waals surface area contributed by atoms with Crippen molar-refractivity contribution in [1.29, 1.82) is 0 Å². The molecule has 0 bridgehead atoms. The molecule has 1 aromatic carbocycles. The van der Waals surface area contributed by atoms with Gasteiger partial charge in [0.1, 0.15) is 0 Å². The highest BCUT2D eigenvalue weighted by Gasteiger charge is 2.04. The Balaban J connectivity index is 2.57. The van der Waals surface area contributed by atoms with Crippen molar-refractivity contribution in [3.8, 4) is 5.69 Å². The normalized spacial score (nSPS) is 10.0. The molecule has 0 saturated carbocycles. The monoisotopic (exact) mass is 215 g/mol. The SMILES string of the molecule is O=C(O)c1cccc(-n2ccccc2=O)c1. The smallest absolute Gasteiger partial charge is 0.335 e. The molecule has 1 N–H and O–H groups in total. The fraction of sp³-hybridized carbons (Fsp3) is 0. The summed E-state index contributed by atoms with van der Waals surface area (Å²) in [6.07, 6.45) is 1.60. The molecule has 4 heteroatoms. The van der Waals surface area contributed by atoms with E-state index in [1.807, 2.05) is 0 Å². The van der Waals surface area contributed by atoms with Crippen molar-refractivity contribution < 1.29 is 9.90 Å². The van der Waals surface area contributed by atoms with Crippen molar-refractivity contribution in [3.05, 3.63) is 64.6 Å². The zero-order valence-corrected chi connectivity index (χ0v) is 8.33. The molecule has 2 rings (SSSR count). The van der Waals surface area contributed by atoms with Crippen LogP contribution in [0.5, 0.6) is 0 Å². The molecular formula is C12H9NO3. The van der Waals surface area contributed by atoms with E-state index in [9.17, 15) is 9.59 Å². The van der Waals surface area contributed by atoms with Gasteiger partial charge in [0.05, 0.1) is 5.56 Å². The summed E-state index contributed by atoms with van der Waals surface area (Å²) in [5.74, 6) is -1.01. The lowest BCUT2D eigenvalue weighted by molar-refractivity contribution is 0.0697. The maximum absolute atomic E-state index is 11.5. The number of carboxylic acid groups (broad SMARTS) is 1. The summed E-state index contributed by atoms with van der Waals surface area (Å²) in [6.45, 7) is 0. The Bertz CT molecular complexity index is 587. The van der Waals surface area contributed by atoms with Gasteiger partial charge in [-0.25, -0.2) is 4.79 Å². The van der Waals surface area contributed by atoms with Crippen LogP contribution < -0.4 is 5.56 Å². The second-order valence-corrected chi connectivity index (χ2v) is 3.26. The van der Waals surface area contributed by atoms with Crippen LogP contribution in [0.4, 0.5) is 0 Å². The Morgan fingerprint density at radius 3 is 2.62 bits per heavy atom. The van der Waals surface area contributed by atoms with Gasteiger partial charge in [-0.3, -0.25) is 9.36 Å². The number of hydrogen-bond donors (Lipinski definition) is 1. The van der Waals surface area contributed by atoms with E-state index in [4.69, 9.17) is 5.11 Å². The van der Waals surface area contributed by atoms with Crippen LogP contribution in [0.1, 0.15) is 10.4 Å². The van der Waals surface area contributed by atoms with Gasteiger partial charge in [0.15, 0.2) is 0 Å². The van der Waals surface area contributed by atoms with E-state index in [0.29, 0.717) is 5.69 Å². The first-order valence-corrected chi connectivity index (χ1v) is 4.70. The lowest BCUT2D eigenvalue weighted by Gasteiger charge is -2.05. The molecule has 4 nitrogen and oxygen atoms in total. The maximum Gasteiger partial charge on any atom is 0.335 e. The third-order valence-corrected chi connectivity index (χ3v) is 2.19. The lowest BCUT2D eigenvalue weighted by atomic mass is 10.2. The van der Waals surface area contributed by atoms with Crippen molar-refractivity contribution in [1.82, 2.24) is 4.57 Å². The van der Waals surface area contributed by atoms with Crippen LogP contribution in [0.25, 0.3) is 5.69 Å². The van der Waals surface area contributed by atoms with Crippen molar-refractivity contribution in [2.75, 3.05) is 0 Å². The lowest BCUT2D eigenvalue weighted by Crippen LogP contribution is -2.15. The number of pyridine rings is 1. The first-order valence-electron chi connectivity index (χ1n) is 4.70. The maximum atomic E-state index is 11.5. The van der Waals surface area contributed by atoms with E-state index >= 15 is 0 Å². The summed E-state index contributed by atoms with van der Waals surface area (Å²) in [5, 5.41) is 8.84. The molecule has 0 unspecified atom stereocenters. The summed E-state index contributed by atoms with van der Waals surface area (Å²) in [7, 11) is 0. The van der Waals surface area contributed by atoms with E-state index in [2.05, 4.69) is 0 Å². The second kappa shape index (κ2) is 4.02. The minimum Gasteiger partial charge on any atom is -0.478 e. The van der Waals surface area contributed by atoms with E-state index in [1.54, 1.807) is 30.5 Å². The summed E-state index contributed by atoms with van der Waals surface area (Å²) in [5.41, 5.74) is 0.517. The van der Waals surface area contributed by atoms with Gasteiger partial charge in [-0.15, -0.1) is 0 Å². The van der Waals surface area contributed by atoms with E-state index in [1.165, 1.54) is 22.8 Å². The standard InChI is InChI=1S/C12H9NO3/c14-11-6-1-2-7-13(11)10-5-3-4-9(8-10)12(15)16/h1-8H,(H,15,16). The summed E-state index contributed by atoms with van der Waals surface area (Å²) in [4.78, 5) is 22.3. The summed E-state index contributed by atoms with van der Waals surface area (Å²) < 4.78 is 1.40. The number of hydrogen-bond acceptors (Lipinski definition) is 2. The Morgan fingerprint density at radius 2 is 1.94 bits per heavy atom. The summed E-state index contributed by atoms with van der Waals surface area (Å²) >= 11 is 0. The van der Waals surface area contributed by atoms with Gasteiger partial charge >= 0.3 is 5.97 Å². The fourth-order valence-electron chi connectivity index (χ4n) is 1.43. The molecule has 2 aromatic rings. The predicted molar refractivity (Wildman–Crippen MR) is 59.0 cm³/mol. The molecule has 16 heavy (non-hydrogen) atoms. The third-order valence-electron chi connectivity index (χ3n) is 2.19. The number of nitrogens with zero attached hydrogens (tertiary/aromatic N) is 1. The molecule has 0 radical (unpaired) electrons. The van der Waals surface area contributed by atoms with Crippen LogP contribution in [0, 0.1) is 0 Å². The van der Waals surface area contributed by atoms with Crippen molar-refractivity contribution in [2.45, 2.75) is 0 Å². The average molecular weight is 215 g/mol. The molecule has 0 atom stereocenters. The van der Waals surface area contributed by atoms with E-state index in [-0.39, 0.29) is 11.1 Å². The fourth-order valence-corrected chi connectivity index (χ4v) is 1.43. The van der Waals surface area contributed by atoms with E-state index < -0.39 is 5.97 Å². The molecule has 0 fully saturated rings. The van der Waals surface area contributed by atoms with Gasteiger partial charge in [-0.2, -0.15) is 0 Å². The van der Waals surface area contributed by atoms with Crippen LogP contribution in [-0.2, 0) is 0 Å². The molecule has 80 valence electrons. The van der Waals surface area contributed by atoms with Gasteiger partial charge in [-0.05, 0) is 24.3 Å². The zero-order chi connectivity index (χ0) is 11.5. The van der Waals surface area contributed by atoms with Gasteiger partial charge in [0, 0.05) is 18.0 Å². The average Bonchev–Trinajstić information content (AvgIpc) is 2.30. The summed E-state index contributed by atoms with van der Waals surface area (Å²) in [6, 6.07) is 11.0. The van der Waals surface area contributed by atoms with Crippen molar-refractivity contribution >= 4 is 5.97 Å². The van der Waals surface area contributed by atoms with Crippen LogP contribution in [0.15, 0.2) is 53.5 Å². The molecule has 1 heterocycles. The topological polar surface area (TPSA) is 59.3 Å². The Hall–Kier alpha value is -2.36. The van der Waals surface area contributed by atoms with Crippen molar-refractivity contribution in [3.63, 3.8) is 0 Å². The van der Waals surface area contributed by atoms with Gasteiger partial charge in [-0.1, -0.05) is 12.1 Å². The minimum atomic E-state index is -1.01. The number of carbonyl (C=O) groups is 1. The molecule has 0 saturated heterocycles. The number of aromatic carboxylic acids is 1. The van der Waals surface area contributed by atoms with Crippen LogP contribution >= 0.6 is 0 Å². The molecule has 0 aliphatic rings. The molecule has 0 aliphatic heterocycles. The molecule has 0 aliphatic carbocycles. The van der Waals surface area contributed by atoms with Crippen LogP contribution in [-0.4, -0.2) is 15.6 Å². The van der Waals surface area contributed by atoms with Gasteiger partial charge in [0.25, 0.3) is 5.56 Å². The molecule has 0 amide bonds.